The van der Waals surface area contributed by atoms with Gasteiger partial charge in [0.2, 0.25) is 10.0 Å². The lowest BCUT2D eigenvalue weighted by Crippen LogP contribution is -2.34. The molecule has 124 valence electrons. The quantitative estimate of drug-likeness (QED) is 0.883. The van der Waals surface area contributed by atoms with Crippen LogP contribution < -0.4 is 4.72 Å². The van der Waals surface area contributed by atoms with Crippen LogP contribution in [0.5, 0.6) is 0 Å². The predicted molar refractivity (Wildman–Crippen MR) is 86.1 cm³/mol. The molecule has 2 heterocycles. The minimum atomic E-state index is -3.16. The Labute approximate surface area is 132 Å². The summed E-state index contributed by atoms with van der Waals surface area (Å²) in [6.45, 7) is 2.27. The molecule has 1 aromatic rings. The molecule has 1 atom stereocenters. The molecular formula is C15H26N4O2S. The average molecular weight is 326 g/mol. The number of hydrogen-bond donors (Lipinski definition) is 1. The molecule has 1 aliphatic carbocycles. The Hall–Kier alpha value is -0.920. The highest BCUT2D eigenvalue weighted by Crippen LogP contribution is 2.35. The number of aryl methyl sites for hydroxylation is 1. The summed E-state index contributed by atoms with van der Waals surface area (Å²) in [5.74, 6) is 0.593. The first kappa shape index (κ1) is 16.0. The molecular weight excluding hydrogens is 300 g/mol. The summed E-state index contributed by atoms with van der Waals surface area (Å²) in [7, 11) is 0.314. The summed E-state index contributed by atoms with van der Waals surface area (Å²) in [4.78, 5) is 2.25. The molecule has 6 nitrogen and oxygen atoms in total. The number of nitrogens with zero attached hydrogens (tertiary/aromatic N) is 3. The lowest BCUT2D eigenvalue weighted by atomic mass is 10.0. The topological polar surface area (TPSA) is 67.2 Å². The van der Waals surface area contributed by atoms with Gasteiger partial charge in [-0.3, -0.25) is 9.58 Å². The molecule has 1 N–H and O–H groups in total. The fourth-order valence-corrected chi connectivity index (χ4v) is 4.98. The number of hydrogen-bond acceptors (Lipinski definition) is 4. The van der Waals surface area contributed by atoms with Gasteiger partial charge in [-0.15, -0.1) is 0 Å². The van der Waals surface area contributed by atoms with Crippen molar-refractivity contribution in [3.8, 4) is 0 Å². The van der Waals surface area contributed by atoms with Crippen LogP contribution in [0.15, 0.2) is 6.20 Å². The Morgan fingerprint density at radius 1 is 1.32 bits per heavy atom. The van der Waals surface area contributed by atoms with Crippen LogP contribution in [-0.4, -0.2) is 48.5 Å². The lowest BCUT2D eigenvalue weighted by Gasteiger charge is -2.17. The zero-order valence-corrected chi connectivity index (χ0v) is 14.3. The van der Waals surface area contributed by atoms with Crippen LogP contribution in [0.4, 0.5) is 0 Å². The minimum absolute atomic E-state index is 0.288. The van der Waals surface area contributed by atoms with Gasteiger partial charge in [-0.05, 0) is 32.9 Å². The Bertz CT molecular complexity index is 619. The number of nitrogens with one attached hydrogen (secondary N) is 1. The third-order valence-electron chi connectivity index (χ3n) is 5.03. The zero-order chi connectivity index (χ0) is 15.7. The fraction of sp³-hybridized carbons (Fsp3) is 0.800. The summed E-state index contributed by atoms with van der Waals surface area (Å²) in [6, 6.07) is 0. The highest BCUT2D eigenvalue weighted by atomic mass is 32.2. The molecule has 7 heteroatoms. The van der Waals surface area contributed by atoms with Gasteiger partial charge >= 0.3 is 0 Å². The van der Waals surface area contributed by atoms with Crippen LogP contribution in [0.25, 0.3) is 0 Å². The van der Waals surface area contributed by atoms with Gasteiger partial charge in [-0.2, -0.15) is 5.10 Å². The fourth-order valence-electron chi connectivity index (χ4n) is 3.82. The van der Waals surface area contributed by atoms with Crippen molar-refractivity contribution in [2.75, 3.05) is 20.1 Å². The van der Waals surface area contributed by atoms with E-state index in [4.69, 9.17) is 0 Å². The molecule has 0 unspecified atom stereocenters. The second-order valence-corrected chi connectivity index (χ2v) is 8.75. The molecule has 0 bridgehead atoms. The highest BCUT2D eigenvalue weighted by Gasteiger charge is 2.33. The Balaban J connectivity index is 1.69. The van der Waals surface area contributed by atoms with E-state index >= 15 is 0 Å². The second kappa shape index (κ2) is 6.29. The Kier molecular flexibility index (Phi) is 4.56. The van der Waals surface area contributed by atoms with Gasteiger partial charge in [0.1, 0.15) is 0 Å². The molecule has 0 radical (unpaired) electrons. The van der Waals surface area contributed by atoms with Gasteiger partial charge in [0.15, 0.2) is 0 Å². The van der Waals surface area contributed by atoms with Gasteiger partial charge in [0.25, 0.3) is 0 Å². The molecule has 2 aliphatic rings. The van der Waals surface area contributed by atoms with Gasteiger partial charge in [-0.25, -0.2) is 13.1 Å². The summed E-state index contributed by atoms with van der Waals surface area (Å²) in [5, 5.41) is 4.39. The minimum Gasteiger partial charge on any atom is -0.298 e. The zero-order valence-electron chi connectivity index (χ0n) is 13.5. The SMILES string of the molecule is CNS(=O)(=O)[C@H]1CCN(Cc2cn(C)nc2C2CCCC2)C1. The molecule has 22 heavy (non-hydrogen) atoms. The molecule has 3 rings (SSSR count). The van der Waals surface area contributed by atoms with Gasteiger partial charge in [0, 0.05) is 37.8 Å². The highest BCUT2D eigenvalue weighted by molar-refractivity contribution is 7.90. The first-order valence-electron chi connectivity index (χ1n) is 8.16. The van der Waals surface area contributed by atoms with Crippen molar-refractivity contribution in [1.29, 1.82) is 0 Å². The van der Waals surface area contributed by atoms with Crippen molar-refractivity contribution in [1.82, 2.24) is 19.4 Å². The van der Waals surface area contributed by atoms with E-state index in [-0.39, 0.29) is 5.25 Å². The van der Waals surface area contributed by atoms with E-state index in [0.717, 1.165) is 13.1 Å². The van der Waals surface area contributed by atoms with E-state index < -0.39 is 10.0 Å². The Morgan fingerprint density at radius 3 is 2.73 bits per heavy atom. The van der Waals surface area contributed by atoms with Crippen molar-refractivity contribution in [3.63, 3.8) is 0 Å². The van der Waals surface area contributed by atoms with Crippen molar-refractivity contribution < 1.29 is 8.42 Å². The molecule has 1 aromatic heterocycles. The number of rotatable bonds is 5. The molecule has 2 fully saturated rings. The van der Waals surface area contributed by atoms with Crippen molar-refractivity contribution >= 4 is 10.0 Å². The van der Waals surface area contributed by atoms with Crippen LogP contribution in [0.2, 0.25) is 0 Å². The van der Waals surface area contributed by atoms with E-state index in [9.17, 15) is 8.42 Å². The standard InChI is InChI=1S/C15H26N4O2S/c1-16-22(20,21)14-7-8-19(11-14)10-13-9-18(2)17-15(13)12-5-3-4-6-12/h9,12,14,16H,3-8,10-11H2,1-2H3/t14-/m0/s1. The van der Waals surface area contributed by atoms with Crippen molar-refractivity contribution in [3.05, 3.63) is 17.5 Å². The number of sulfonamides is 1. The number of aromatic nitrogens is 2. The molecule has 0 spiro atoms. The third kappa shape index (κ3) is 3.21. The monoisotopic (exact) mass is 326 g/mol. The molecule has 0 amide bonds. The van der Waals surface area contributed by atoms with E-state index in [0.29, 0.717) is 18.9 Å². The van der Waals surface area contributed by atoms with Crippen LogP contribution in [0.1, 0.15) is 49.3 Å². The molecule has 1 saturated heterocycles. The maximum Gasteiger partial charge on any atom is 0.215 e. The first-order valence-corrected chi connectivity index (χ1v) is 9.71. The average Bonchev–Trinajstić information content (AvgIpc) is 3.20. The normalized spacial score (nSPS) is 24.4. The third-order valence-corrected chi connectivity index (χ3v) is 6.86. The van der Waals surface area contributed by atoms with Crippen LogP contribution in [0.3, 0.4) is 0 Å². The molecule has 1 aliphatic heterocycles. The van der Waals surface area contributed by atoms with Gasteiger partial charge in [0.05, 0.1) is 10.9 Å². The van der Waals surface area contributed by atoms with Crippen LogP contribution >= 0.6 is 0 Å². The summed E-state index contributed by atoms with van der Waals surface area (Å²) < 4.78 is 28.2. The Morgan fingerprint density at radius 2 is 2.05 bits per heavy atom. The summed E-state index contributed by atoms with van der Waals surface area (Å²) >= 11 is 0. The van der Waals surface area contributed by atoms with Crippen LogP contribution in [-0.2, 0) is 23.6 Å². The van der Waals surface area contributed by atoms with E-state index in [1.807, 2.05) is 11.7 Å². The predicted octanol–water partition coefficient (Wildman–Crippen LogP) is 1.20. The maximum absolute atomic E-state index is 11.9. The second-order valence-electron chi connectivity index (χ2n) is 6.59. The van der Waals surface area contributed by atoms with E-state index in [2.05, 4.69) is 20.9 Å². The summed E-state index contributed by atoms with van der Waals surface area (Å²) in [6.07, 6.45) is 7.89. The van der Waals surface area contributed by atoms with Crippen molar-refractivity contribution in [2.45, 2.75) is 49.8 Å². The molecule has 0 aromatic carbocycles. The van der Waals surface area contributed by atoms with E-state index in [1.165, 1.54) is 44.0 Å². The largest absolute Gasteiger partial charge is 0.298 e. The van der Waals surface area contributed by atoms with E-state index in [1.54, 1.807) is 0 Å². The van der Waals surface area contributed by atoms with Crippen molar-refractivity contribution in [2.24, 2.45) is 7.05 Å². The smallest absolute Gasteiger partial charge is 0.215 e. The maximum atomic E-state index is 11.9. The van der Waals surface area contributed by atoms with Gasteiger partial charge < -0.3 is 0 Å². The lowest BCUT2D eigenvalue weighted by molar-refractivity contribution is 0.329. The first-order chi connectivity index (χ1) is 10.5. The molecule has 1 saturated carbocycles. The van der Waals surface area contributed by atoms with Gasteiger partial charge in [-0.1, -0.05) is 12.8 Å². The van der Waals surface area contributed by atoms with Crippen LogP contribution in [0, 0.1) is 0 Å². The number of likely N-dealkylation sites (tertiary alicyclic amines) is 1. The summed E-state index contributed by atoms with van der Waals surface area (Å²) in [5.41, 5.74) is 2.51.